The van der Waals surface area contributed by atoms with Crippen molar-refractivity contribution in [1.29, 1.82) is 0 Å². The summed E-state index contributed by atoms with van der Waals surface area (Å²) < 4.78 is 45.9. The molecule has 0 amide bonds. The molecule has 0 radical (unpaired) electrons. The van der Waals surface area contributed by atoms with E-state index in [0.717, 1.165) is 144 Å². The summed E-state index contributed by atoms with van der Waals surface area (Å²) in [7, 11) is 0. The predicted molar refractivity (Wildman–Crippen MR) is 355 cm³/mol. The minimum absolute atomic E-state index is 0.301. The van der Waals surface area contributed by atoms with E-state index in [4.69, 9.17) is 67.8 Å². The molecule has 20 bridgehead atoms. The van der Waals surface area contributed by atoms with Crippen LogP contribution in [0.5, 0.6) is 11.5 Å². The molecule has 4 aliphatic rings. The molecule has 90 heavy (non-hydrogen) atoms. The van der Waals surface area contributed by atoms with Crippen molar-refractivity contribution in [3.05, 3.63) is 206 Å². The van der Waals surface area contributed by atoms with Gasteiger partial charge in [-0.05, 0) is 97.1 Å². The zero-order valence-corrected chi connectivity index (χ0v) is 49.5. The zero-order valence-electron chi connectivity index (χ0n) is 49.5. The summed E-state index contributed by atoms with van der Waals surface area (Å²) in [5, 5.41) is 6.05. The fraction of sp³-hybridized carbons (Fsp3) is 0.184. The number of nitrogens with zero attached hydrogens (tertiary/aromatic N) is 6. The van der Waals surface area contributed by atoms with Crippen molar-refractivity contribution in [2.45, 2.75) is 0 Å². The monoisotopic (exact) mass is 1190 g/mol. The molecule has 444 valence electrons. The summed E-state index contributed by atoms with van der Waals surface area (Å²) in [6, 6.07) is 70.6. The van der Waals surface area contributed by atoms with Gasteiger partial charge in [0.1, 0.15) is 37.9 Å². The third-order valence-electron chi connectivity index (χ3n) is 15.7. The van der Waals surface area contributed by atoms with Crippen LogP contribution in [0.1, 0.15) is 0 Å². The average molecular weight is 1190 g/mol. The number of hydrogen-bond donors (Lipinski definition) is 0. The second kappa shape index (κ2) is 27.5. The van der Waals surface area contributed by atoms with Crippen molar-refractivity contribution in [1.82, 2.24) is 29.9 Å². The maximum Gasteiger partial charge on any atom is 0.119 e. The highest BCUT2D eigenvalue weighted by atomic mass is 16.6. The second-order valence-corrected chi connectivity index (χ2v) is 21.6. The summed E-state index contributed by atoms with van der Waals surface area (Å²) in [4.78, 5) is 31.7. The van der Waals surface area contributed by atoms with Crippen LogP contribution in [-0.4, -0.2) is 122 Å². The Morgan fingerprint density at radius 2 is 0.456 bits per heavy atom. The number of hydrogen-bond acceptors (Lipinski definition) is 14. The molecule has 10 heterocycles. The largest absolute Gasteiger partial charge is 0.491 e. The minimum Gasteiger partial charge on any atom is -0.491 e. The molecule has 13 aromatic rings. The first-order valence-corrected chi connectivity index (χ1v) is 30.3. The average Bonchev–Trinajstić information content (AvgIpc) is 1.00. The number of aromatic nitrogens is 6. The first kappa shape index (κ1) is 57.7. The Labute approximate surface area is 520 Å². The Kier molecular flexibility index (Phi) is 17.6. The molecule has 0 N–H and O–H groups in total. The fourth-order valence-corrected chi connectivity index (χ4v) is 11.1. The third kappa shape index (κ3) is 13.3. The van der Waals surface area contributed by atoms with Crippen LogP contribution in [0.15, 0.2) is 206 Å². The Morgan fingerprint density at radius 1 is 0.222 bits per heavy atom. The number of pyridine rings is 6. The summed E-state index contributed by atoms with van der Waals surface area (Å²) >= 11 is 0. The Morgan fingerprint density at radius 3 is 0.733 bits per heavy atom. The van der Waals surface area contributed by atoms with Crippen LogP contribution in [0, 0.1) is 11.8 Å². The smallest absolute Gasteiger partial charge is 0.119 e. The third-order valence-corrected chi connectivity index (χ3v) is 15.7. The summed E-state index contributed by atoms with van der Waals surface area (Å²) in [6.07, 6.45) is 0. The van der Waals surface area contributed by atoms with Gasteiger partial charge in [-0.15, -0.1) is 0 Å². The van der Waals surface area contributed by atoms with Gasteiger partial charge in [0.05, 0.1) is 133 Å². The number of benzene rings is 7. The molecule has 14 nitrogen and oxygen atoms in total. The Hall–Kier alpha value is -10.1. The predicted octanol–water partition coefficient (Wildman–Crippen LogP) is 14.9. The Balaban J connectivity index is 0.723. The van der Waals surface area contributed by atoms with Gasteiger partial charge < -0.3 is 37.9 Å². The lowest BCUT2D eigenvalue weighted by Crippen LogP contribution is -2.13. The van der Waals surface area contributed by atoms with Gasteiger partial charge >= 0.3 is 0 Å². The van der Waals surface area contributed by atoms with Crippen LogP contribution in [-0.2, 0) is 28.4 Å². The molecule has 0 spiro atoms. The topological polar surface area (TPSA) is 151 Å². The van der Waals surface area contributed by atoms with Crippen LogP contribution >= 0.6 is 0 Å². The van der Waals surface area contributed by atoms with Gasteiger partial charge in [0.25, 0.3) is 0 Å². The van der Waals surface area contributed by atoms with Crippen LogP contribution in [0.25, 0.3) is 133 Å². The molecular weight excluding hydrogens is 1120 g/mol. The molecule has 0 fully saturated rings. The van der Waals surface area contributed by atoms with E-state index >= 15 is 0 Å². The normalized spacial score (nSPS) is 14.6. The van der Waals surface area contributed by atoms with Crippen molar-refractivity contribution in [2.75, 3.05) is 92.5 Å². The maximum absolute atomic E-state index is 6.00. The van der Waals surface area contributed by atoms with Gasteiger partial charge in [-0.3, -0.25) is 0 Å². The van der Waals surface area contributed by atoms with Gasteiger partial charge in [0, 0.05) is 65.7 Å². The highest BCUT2D eigenvalue weighted by Crippen LogP contribution is 2.35. The van der Waals surface area contributed by atoms with E-state index in [1.54, 1.807) is 0 Å². The zero-order chi connectivity index (χ0) is 60.3. The highest BCUT2D eigenvalue weighted by molar-refractivity contribution is 6.06. The van der Waals surface area contributed by atoms with E-state index in [-0.39, 0.29) is 0 Å². The van der Waals surface area contributed by atoms with Crippen molar-refractivity contribution < 1.29 is 37.9 Å². The van der Waals surface area contributed by atoms with Crippen molar-refractivity contribution in [3.8, 4) is 90.9 Å². The quantitative estimate of drug-likeness (QED) is 0.105. The molecule has 0 aliphatic carbocycles. The van der Waals surface area contributed by atoms with Gasteiger partial charge in [0.15, 0.2) is 0 Å². The minimum atomic E-state index is 0.301. The van der Waals surface area contributed by atoms with Crippen molar-refractivity contribution >= 4 is 65.4 Å². The maximum atomic E-state index is 6.00. The standard InChI is InChI=1S/C76H62N6O8/c1-2-36-84-38-40-86-42-44-88-46-48-90-64-27-17-52(18-28-64)66-30-20-54-10-12-56-22-32-68(80-74(56)72(54)78-66)60-6-4-8-62(50-60)70-34-24-58-14-13-57-23-33-69(81-75(57)76(58)82-70)61-7-3-5-59(49-61)67-31-21-55-11-9-53-19-29-65(77-71(53)73(55)79-67)51-15-25-63(26-16-51)89-47-45-87-43-41-85-39-37-83-35-1/h3-34,49-50H,35-48H2. The molecule has 0 saturated heterocycles. The molecule has 4 aliphatic heterocycles. The molecule has 6 aromatic heterocycles. The fourth-order valence-electron chi connectivity index (χ4n) is 11.1. The molecule has 14 heteroatoms. The van der Waals surface area contributed by atoms with Crippen LogP contribution in [0.4, 0.5) is 0 Å². The van der Waals surface area contributed by atoms with E-state index in [9.17, 15) is 0 Å². The van der Waals surface area contributed by atoms with Gasteiger partial charge in [-0.2, -0.15) is 0 Å². The van der Waals surface area contributed by atoms with Gasteiger partial charge in [0.2, 0.25) is 0 Å². The van der Waals surface area contributed by atoms with E-state index in [1.807, 2.05) is 48.5 Å². The van der Waals surface area contributed by atoms with Gasteiger partial charge in [-0.25, -0.2) is 29.9 Å². The lowest BCUT2D eigenvalue weighted by atomic mass is 10.0. The van der Waals surface area contributed by atoms with E-state index < -0.39 is 0 Å². The molecule has 0 atom stereocenters. The summed E-state index contributed by atoms with van der Waals surface area (Å²) in [6.45, 7) is 5.85. The Bertz CT molecular complexity index is 4480. The summed E-state index contributed by atoms with van der Waals surface area (Å²) in [5.74, 6) is 7.41. The first-order valence-electron chi connectivity index (χ1n) is 30.3. The van der Waals surface area contributed by atoms with Crippen LogP contribution in [0.3, 0.4) is 0 Å². The van der Waals surface area contributed by atoms with E-state index in [0.29, 0.717) is 92.5 Å². The summed E-state index contributed by atoms with van der Waals surface area (Å²) in [5.41, 5.74) is 15.9. The van der Waals surface area contributed by atoms with E-state index in [1.165, 1.54) is 0 Å². The van der Waals surface area contributed by atoms with Crippen LogP contribution < -0.4 is 9.47 Å². The lowest BCUT2D eigenvalue weighted by molar-refractivity contribution is 0.0134. The highest BCUT2D eigenvalue weighted by Gasteiger charge is 2.15. The van der Waals surface area contributed by atoms with E-state index in [2.05, 4.69) is 170 Å². The lowest BCUT2D eigenvalue weighted by Gasteiger charge is -2.11. The van der Waals surface area contributed by atoms with Crippen LogP contribution in [0.2, 0.25) is 0 Å². The van der Waals surface area contributed by atoms with Gasteiger partial charge in [-0.1, -0.05) is 121 Å². The first-order chi connectivity index (χ1) is 44.6. The number of rotatable bonds is 0. The van der Waals surface area contributed by atoms with Crippen molar-refractivity contribution in [2.24, 2.45) is 0 Å². The molecule has 7 aromatic carbocycles. The SMILES string of the molecule is C1#CCOCCOCCOCCOc2ccc(cc2)-c2ccc3ccc4ccc(nc4c3n2)-c2cccc(c2)-c2ccc3ccc4ccc(nc4c3n2)-c2cccc(c2)-c2ccc3ccc4ccc(nc4c3n2)-c2ccc(cc2)OCCOCCOCCOC1. The molecular formula is C76H62N6O8. The van der Waals surface area contributed by atoms with Crippen molar-refractivity contribution in [3.63, 3.8) is 0 Å². The second-order valence-electron chi connectivity index (χ2n) is 21.6. The molecule has 0 saturated carbocycles. The molecule has 17 rings (SSSR count). The molecule has 0 unspecified atom stereocenters. The number of ether oxygens (including phenoxy) is 8.